The summed E-state index contributed by atoms with van der Waals surface area (Å²) in [6.07, 6.45) is 2.91. The van der Waals surface area contributed by atoms with Crippen LogP contribution in [0.2, 0.25) is 0 Å². The van der Waals surface area contributed by atoms with Gasteiger partial charge in [-0.15, -0.1) is 0 Å². The third-order valence-electron chi connectivity index (χ3n) is 5.53. The van der Waals surface area contributed by atoms with Crippen LogP contribution in [0.4, 0.5) is 0 Å². The fourth-order valence-corrected chi connectivity index (χ4v) is 3.82. The smallest absolute Gasteiger partial charge is 0.191 e. The minimum absolute atomic E-state index is 0.0831. The monoisotopic (exact) mass is 381 g/mol. The molecule has 0 unspecified atom stereocenters. The van der Waals surface area contributed by atoms with Gasteiger partial charge in [0.15, 0.2) is 5.96 Å². The van der Waals surface area contributed by atoms with Crippen molar-refractivity contribution in [3.8, 4) is 5.75 Å². The van der Waals surface area contributed by atoms with Crippen LogP contribution in [0.25, 0.3) is 0 Å². The lowest BCUT2D eigenvalue weighted by atomic mass is 9.74. The summed E-state index contributed by atoms with van der Waals surface area (Å²) in [6.45, 7) is 3.24. The molecule has 0 spiro atoms. The molecular formula is C23H31N3O2. The second-order valence-electron chi connectivity index (χ2n) is 7.17. The van der Waals surface area contributed by atoms with Gasteiger partial charge < -0.3 is 20.1 Å². The van der Waals surface area contributed by atoms with Gasteiger partial charge in [-0.05, 0) is 36.5 Å². The van der Waals surface area contributed by atoms with Gasteiger partial charge in [-0.1, -0.05) is 48.5 Å². The molecule has 3 rings (SSSR count). The first-order valence-electron chi connectivity index (χ1n) is 9.97. The molecule has 1 saturated heterocycles. The van der Waals surface area contributed by atoms with Gasteiger partial charge in [0.05, 0.1) is 7.11 Å². The topological polar surface area (TPSA) is 54.9 Å². The molecule has 150 valence electrons. The van der Waals surface area contributed by atoms with Crippen LogP contribution < -0.4 is 15.4 Å². The Kier molecular flexibility index (Phi) is 7.31. The van der Waals surface area contributed by atoms with Gasteiger partial charge in [0.2, 0.25) is 0 Å². The Balaban J connectivity index is 1.58. The van der Waals surface area contributed by atoms with E-state index in [0.29, 0.717) is 0 Å². The van der Waals surface area contributed by atoms with Crippen LogP contribution >= 0.6 is 0 Å². The predicted octanol–water partition coefficient (Wildman–Crippen LogP) is 3.15. The Hall–Kier alpha value is -2.53. The van der Waals surface area contributed by atoms with Crippen LogP contribution in [0.1, 0.15) is 24.0 Å². The number of ether oxygens (including phenoxy) is 2. The average molecular weight is 382 g/mol. The van der Waals surface area contributed by atoms with E-state index < -0.39 is 0 Å². The van der Waals surface area contributed by atoms with E-state index in [2.05, 4.69) is 52.0 Å². The van der Waals surface area contributed by atoms with Crippen LogP contribution in [-0.2, 0) is 16.6 Å². The molecule has 5 nitrogen and oxygen atoms in total. The number of guanidine groups is 1. The zero-order valence-electron chi connectivity index (χ0n) is 16.9. The molecule has 0 amide bonds. The lowest BCUT2D eigenvalue weighted by Gasteiger charge is -2.38. The van der Waals surface area contributed by atoms with Gasteiger partial charge in [-0.3, -0.25) is 4.99 Å². The van der Waals surface area contributed by atoms with Crippen molar-refractivity contribution in [1.82, 2.24) is 10.6 Å². The number of aliphatic imine (C=N–C) groups is 1. The Bertz CT molecular complexity index is 755. The number of nitrogens with one attached hydrogen (secondary N) is 2. The molecule has 0 bridgehead atoms. The number of nitrogens with zero attached hydrogens (tertiary/aromatic N) is 1. The lowest BCUT2D eigenvalue weighted by molar-refractivity contribution is 0.0514. The summed E-state index contributed by atoms with van der Waals surface area (Å²) in [6, 6.07) is 18.9. The number of hydrogen-bond donors (Lipinski definition) is 2. The first kappa shape index (κ1) is 20.2. The average Bonchev–Trinajstić information content (AvgIpc) is 2.77. The second kappa shape index (κ2) is 10.1. The van der Waals surface area contributed by atoms with Gasteiger partial charge in [0, 0.05) is 38.8 Å². The third kappa shape index (κ3) is 5.04. The molecular weight excluding hydrogens is 350 g/mol. The molecule has 2 aromatic rings. The molecule has 2 N–H and O–H groups in total. The SMILES string of the molecule is CN=C(NCCc1ccccc1OC)NCC1(c2ccccc2)CCOCC1. The highest BCUT2D eigenvalue weighted by molar-refractivity contribution is 5.79. The third-order valence-corrected chi connectivity index (χ3v) is 5.53. The van der Waals surface area contributed by atoms with Gasteiger partial charge in [-0.2, -0.15) is 0 Å². The van der Waals surface area contributed by atoms with Crippen LogP contribution in [0.5, 0.6) is 5.75 Å². The summed E-state index contributed by atoms with van der Waals surface area (Å²) in [4.78, 5) is 4.40. The summed E-state index contributed by atoms with van der Waals surface area (Å²) < 4.78 is 11.1. The summed E-state index contributed by atoms with van der Waals surface area (Å²) in [5.41, 5.74) is 2.65. The van der Waals surface area contributed by atoms with Crippen LogP contribution in [0.3, 0.4) is 0 Å². The van der Waals surface area contributed by atoms with Crippen molar-refractivity contribution < 1.29 is 9.47 Å². The summed E-state index contributed by atoms with van der Waals surface area (Å²) >= 11 is 0. The zero-order valence-corrected chi connectivity index (χ0v) is 16.9. The first-order valence-corrected chi connectivity index (χ1v) is 9.97. The quantitative estimate of drug-likeness (QED) is 0.571. The molecule has 0 radical (unpaired) electrons. The molecule has 1 aliphatic heterocycles. The molecule has 1 fully saturated rings. The lowest BCUT2D eigenvalue weighted by Crippen LogP contribution is -2.48. The van der Waals surface area contributed by atoms with Crippen molar-refractivity contribution in [3.63, 3.8) is 0 Å². The molecule has 0 atom stereocenters. The van der Waals surface area contributed by atoms with E-state index in [4.69, 9.17) is 9.47 Å². The van der Waals surface area contributed by atoms with Gasteiger partial charge in [0.25, 0.3) is 0 Å². The Morgan fingerprint density at radius 2 is 1.75 bits per heavy atom. The molecule has 0 aromatic heterocycles. The van der Waals surface area contributed by atoms with Crippen molar-refractivity contribution >= 4 is 5.96 Å². The highest BCUT2D eigenvalue weighted by Gasteiger charge is 2.34. The van der Waals surface area contributed by atoms with E-state index in [1.165, 1.54) is 11.1 Å². The van der Waals surface area contributed by atoms with Crippen molar-refractivity contribution in [1.29, 1.82) is 0 Å². The number of rotatable bonds is 7. The van der Waals surface area contributed by atoms with E-state index in [9.17, 15) is 0 Å². The highest BCUT2D eigenvalue weighted by atomic mass is 16.5. The molecule has 1 heterocycles. The largest absolute Gasteiger partial charge is 0.496 e. The molecule has 5 heteroatoms. The van der Waals surface area contributed by atoms with Crippen LogP contribution in [0.15, 0.2) is 59.6 Å². The highest BCUT2D eigenvalue weighted by Crippen LogP contribution is 2.34. The van der Waals surface area contributed by atoms with E-state index >= 15 is 0 Å². The van der Waals surface area contributed by atoms with Gasteiger partial charge in [-0.25, -0.2) is 0 Å². The van der Waals surface area contributed by atoms with Crippen LogP contribution in [-0.4, -0.2) is 46.4 Å². The van der Waals surface area contributed by atoms with Gasteiger partial charge >= 0.3 is 0 Å². The van der Waals surface area contributed by atoms with Crippen LogP contribution in [0, 0.1) is 0 Å². The summed E-state index contributed by atoms with van der Waals surface area (Å²) in [7, 11) is 3.53. The van der Waals surface area contributed by atoms with Crippen molar-refractivity contribution in [2.24, 2.45) is 4.99 Å². The second-order valence-corrected chi connectivity index (χ2v) is 7.17. The van der Waals surface area contributed by atoms with E-state index in [1.807, 2.05) is 25.2 Å². The first-order chi connectivity index (χ1) is 13.8. The summed E-state index contributed by atoms with van der Waals surface area (Å²) in [5, 5.41) is 6.97. The number of hydrogen-bond acceptors (Lipinski definition) is 3. The van der Waals surface area contributed by atoms with E-state index in [0.717, 1.165) is 57.3 Å². The molecule has 1 aliphatic rings. The van der Waals surface area contributed by atoms with E-state index in [-0.39, 0.29) is 5.41 Å². The molecule has 28 heavy (non-hydrogen) atoms. The molecule has 0 saturated carbocycles. The number of methoxy groups -OCH3 is 1. The zero-order chi connectivity index (χ0) is 19.7. The molecule has 0 aliphatic carbocycles. The standard InChI is InChI=1S/C23H31N3O2/c1-24-22(25-15-12-19-8-6-7-11-21(19)27-2)26-18-23(13-16-28-17-14-23)20-9-4-3-5-10-20/h3-11H,12-18H2,1-2H3,(H2,24,25,26). The van der Waals surface area contributed by atoms with Crippen molar-refractivity contribution in [2.75, 3.05) is 40.5 Å². The predicted molar refractivity (Wildman–Crippen MR) is 114 cm³/mol. The molecule has 2 aromatic carbocycles. The minimum atomic E-state index is 0.0831. The summed E-state index contributed by atoms with van der Waals surface area (Å²) in [5.74, 6) is 1.76. The fourth-order valence-electron chi connectivity index (χ4n) is 3.82. The maximum absolute atomic E-state index is 5.63. The number of para-hydroxylation sites is 1. The maximum Gasteiger partial charge on any atom is 0.191 e. The Labute approximate surface area is 168 Å². The maximum atomic E-state index is 5.63. The van der Waals surface area contributed by atoms with E-state index in [1.54, 1.807) is 7.11 Å². The normalized spacial score (nSPS) is 16.4. The van der Waals surface area contributed by atoms with Crippen molar-refractivity contribution in [3.05, 3.63) is 65.7 Å². The Morgan fingerprint density at radius 1 is 1.04 bits per heavy atom. The minimum Gasteiger partial charge on any atom is -0.496 e. The fraction of sp³-hybridized carbons (Fsp3) is 0.435. The van der Waals surface area contributed by atoms with Gasteiger partial charge in [0.1, 0.15) is 5.75 Å². The van der Waals surface area contributed by atoms with Crippen molar-refractivity contribution in [2.45, 2.75) is 24.7 Å². The Morgan fingerprint density at radius 3 is 2.46 bits per heavy atom. The number of benzene rings is 2.